The van der Waals surface area contributed by atoms with E-state index >= 15 is 0 Å². The Hall–Kier alpha value is -3.09. The third-order valence-electron chi connectivity index (χ3n) is 4.24. The Bertz CT molecular complexity index is 967. The summed E-state index contributed by atoms with van der Waals surface area (Å²) in [6, 6.07) is 14.8. The van der Waals surface area contributed by atoms with E-state index < -0.39 is 11.7 Å². The first-order valence-electron chi connectivity index (χ1n) is 9.34. The lowest BCUT2D eigenvalue weighted by atomic mass is 10.0. The van der Waals surface area contributed by atoms with Crippen molar-refractivity contribution in [3.63, 3.8) is 0 Å². The fraction of sp³-hybridized carbons (Fsp3) is 0.273. The van der Waals surface area contributed by atoms with Gasteiger partial charge in [0.15, 0.2) is 0 Å². The molecule has 0 spiro atoms. The summed E-state index contributed by atoms with van der Waals surface area (Å²) in [5, 5.41) is 5.76. The summed E-state index contributed by atoms with van der Waals surface area (Å²) in [5.74, 6) is 0.242. The Morgan fingerprint density at radius 2 is 1.69 bits per heavy atom. The van der Waals surface area contributed by atoms with Gasteiger partial charge < -0.3 is 10.6 Å². The van der Waals surface area contributed by atoms with Gasteiger partial charge in [0.1, 0.15) is 11.4 Å². The summed E-state index contributed by atoms with van der Waals surface area (Å²) in [4.78, 5) is 7.93. The number of nitrogens with zero attached hydrogens (tertiary/aromatic N) is 2. The Labute approximate surface area is 168 Å². The number of alkyl halides is 3. The minimum Gasteiger partial charge on any atom is -0.340 e. The van der Waals surface area contributed by atoms with Crippen LogP contribution in [0.25, 0.3) is 0 Å². The highest BCUT2D eigenvalue weighted by Gasteiger charge is 2.35. The maximum Gasteiger partial charge on any atom is 0.421 e. The van der Waals surface area contributed by atoms with Crippen LogP contribution < -0.4 is 10.6 Å². The quantitative estimate of drug-likeness (QED) is 0.497. The molecule has 2 N–H and O–H groups in total. The second kappa shape index (κ2) is 8.51. The van der Waals surface area contributed by atoms with E-state index in [1.54, 1.807) is 6.07 Å². The maximum absolute atomic E-state index is 13.5. The van der Waals surface area contributed by atoms with Gasteiger partial charge >= 0.3 is 6.18 Å². The van der Waals surface area contributed by atoms with E-state index in [-0.39, 0.29) is 11.8 Å². The molecule has 0 saturated heterocycles. The standard InChI is InChI=1S/C22H23F3N4/c1-14(2)11-16-5-4-6-18(12-16)27-20-19(22(23,24)25)13-26-21(29-20)28-17-9-7-15(3)8-10-17/h4-10,12-14H,11H2,1-3H3,(H2,26,27,28,29). The predicted molar refractivity (Wildman–Crippen MR) is 110 cm³/mol. The fourth-order valence-electron chi connectivity index (χ4n) is 2.89. The zero-order chi connectivity index (χ0) is 21.0. The average Bonchev–Trinajstić information content (AvgIpc) is 2.62. The summed E-state index contributed by atoms with van der Waals surface area (Å²) in [6.45, 7) is 6.14. The maximum atomic E-state index is 13.5. The van der Waals surface area contributed by atoms with Gasteiger partial charge in [-0.25, -0.2) is 4.98 Å². The van der Waals surface area contributed by atoms with E-state index in [9.17, 15) is 13.2 Å². The van der Waals surface area contributed by atoms with Gasteiger partial charge in [0, 0.05) is 17.6 Å². The Morgan fingerprint density at radius 3 is 2.34 bits per heavy atom. The van der Waals surface area contributed by atoms with Crippen LogP contribution >= 0.6 is 0 Å². The van der Waals surface area contributed by atoms with Gasteiger partial charge in [-0.1, -0.05) is 43.7 Å². The van der Waals surface area contributed by atoms with Crippen molar-refractivity contribution in [2.45, 2.75) is 33.4 Å². The largest absolute Gasteiger partial charge is 0.421 e. The van der Waals surface area contributed by atoms with Crippen molar-refractivity contribution >= 4 is 23.1 Å². The second-order valence-corrected chi connectivity index (χ2v) is 7.37. The molecule has 0 atom stereocenters. The SMILES string of the molecule is Cc1ccc(Nc2ncc(C(F)(F)F)c(Nc3cccc(CC(C)C)c3)n2)cc1. The molecule has 4 nitrogen and oxygen atoms in total. The molecule has 0 radical (unpaired) electrons. The summed E-state index contributed by atoms with van der Waals surface area (Å²) >= 11 is 0. The summed E-state index contributed by atoms with van der Waals surface area (Å²) in [7, 11) is 0. The van der Waals surface area contributed by atoms with Crippen LogP contribution in [0.4, 0.5) is 36.3 Å². The number of hydrogen-bond donors (Lipinski definition) is 2. The Balaban J connectivity index is 1.91. The summed E-state index contributed by atoms with van der Waals surface area (Å²) in [5.41, 5.74) is 2.45. The fourth-order valence-corrected chi connectivity index (χ4v) is 2.89. The first-order valence-corrected chi connectivity index (χ1v) is 9.34. The Morgan fingerprint density at radius 1 is 0.966 bits per heavy atom. The molecular weight excluding hydrogens is 377 g/mol. The second-order valence-electron chi connectivity index (χ2n) is 7.37. The van der Waals surface area contributed by atoms with Gasteiger partial charge in [0.05, 0.1) is 0 Å². The minimum atomic E-state index is -4.57. The molecule has 0 saturated carbocycles. The smallest absolute Gasteiger partial charge is 0.340 e. The van der Waals surface area contributed by atoms with Gasteiger partial charge in [-0.05, 0) is 49.1 Å². The molecule has 1 heterocycles. The third kappa shape index (κ3) is 5.70. The van der Waals surface area contributed by atoms with Crippen LogP contribution in [0.2, 0.25) is 0 Å². The molecule has 152 valence electrons. The number of nitrogens with one attached hydrogen (secondary N) is 2. The molecule has 2 aromatic carbocycles. The van der Waals surface area contributed by atoms with E-state index in [0.717, 1.165) is 23.7 Å². The van der Waals surface area contributed by atoms with Crippen LogP contribution in [0.1, 0.15) is 30.5 Å². The number of aryl methyl sites for hydroxylation is 1. The van der Waals surface area contributed by atoms with Crippen LogP contribution in [-0.2, 0) is 12.6 Å². The molecule has 1 aromatic heterocycles. The molecule has 0 aliphatic rings. The number of anilines is 4. The molecule has 29 heavy (non-hydrogen) atoms. The molecule has 7 heteroatoms. The molecule has 0 unspecified atom stereocenters. The zero-order valence-electron chi connectivity index (χ0n) is 16.5. The van der Waals surface area contributed by atoms with E-state index in [1.165, 1.54) is 0 Å². The molecule has 0 aliphatic carbocycles. The number of halogens is 3. The highest BCUT2D eigenvalue weighted by atomic mass is 19.4. The van der Waals surface area contributed by atoms with Gasteiger partial charge in [-0.15, -0.1) is 0 Å². The molecule has 0 amide bonds. The van der Waals surface area contributed by atoms with E-state index in [2.05, 4.69) is 34.4 Å². The first kappa shape index (κ1) is 20.6. The predicted octanol–water partition coefficient (Wildman–Crippen LogP) is 6.49. The molecule has 0 fully saturated rings. The molecule has 3 aromatic rings. The highest BCUT2D eigenvalue weighted by molar-refractivity contribution is 5.63. The van der Waals surface area contributed by atoms with Crippen LogP contribution in [-0.4, -0.2) is 9.97 Å². The number of benzene rings is 2. The molecule has 0 bridgehead atoms. The van der Waals surface area contributed by atoms with Crippen molar-refractivity contribution in [2.24, 2.45) is 5.92 Å². The van der Waals surface area contributed by atoms with Gasteiger partial charge in [-0.3, -0.25) is 0 Å². The average molecular weight is 400 g/mol. The lowest BCUT2D eigenvalue weighted by Gasteiger charge is -2.15. The van der Waals surface area contributed by atoms with Crippen molar-refractivity contribution in [3.8, 4) is 0 Å². The van der Waals surface area contributed by atoms with Crippen LogP contribution in [0, 0.1) is 12.8 Å². The molecule has 0 aliphatic heterocycles. The monoisotopic (exact) mass is 400 g/mol. The van der Waals surface area contributed by atoms with Crippen molar-refractivity contribution in [1.29, 1.82) is 0 Å². The highest BCUT2D eigenvalue weighted by Crippen LogP contribution is 2.35. The van der Waals surface area contributed by atoms with Crippen LogP contribution in [0.3, 0.4) is 0 Å². The lowest BCUT2D eigenvalue weighted by molar-refractivity contribution is -0.137. The van der Waals surface area contributed by atoms with E-state index in [1.807, 2.05) is 49.4 Å². The van der Waals surface area contributed by atoms with E-state index in [4.69, 9.17) is 0 Å². The zero-order valence-corrected chi connectivity index (χ0v) is 16.5. The number of aromatic nitrogens is 2. The lowest BCUT2D eigenvalue weighted by Crippen LogP contribution is -2.12. The van der Waals surface area contributed by atoms with Crippen LogP contribution in [0.15, 0.2) is 54.7 Å². The Kier molecular flexibility index (Phi) is 6.06. The van der Waals surface area contributed by atoms with Crippen LogP contribution in [0.5, 0.6) is 0 Å². The van der Waals surface area contributed by atoms with Crippen molar-refractivity contribution in [3.05, 3.63) is 71.4 Å². The van der Waals surface area contributed by atoms with Gasteiger partial charge in [0.25, 0.3) is 0 Å². The van der Waals surface area contributed by atoms with E-state index in [0.29, 0.717) is 17.3 Å². The topological polar surface area (TPSA) is 49.8 Å². The summed E-state index contributed by atoms with van der Waals surface area (Å²) < 4.78 is 40.4. The minimum absolute atomic E-state index is 0.0858. The third-order valence-corrected chi connectivity index (χ3v) is 4.24. The number of rotatable bonds is 6. The van der Waals surface area contributed by atoms with Crippen molar-refractivity contribution in [2.75, 3.05) is 10.6 Å². The van der Waals surface area contributed by atoms with Crippen molar-refractivity contribution in [1.82, 2.24) is 9.97 Å². The van der Waals surface area contributed by atoms with Gasteiger partial charge in [-0.2, -0.15) is 18.2 Å². The normalized spacial score (nSPS) is 11.6. The van der Waals surface area contributed by atoms with Gasteiger partial charge in [0.2, 0.25) is 5.95 Å². The van der Waals surface area contributed by atoms with Crippen molar-refractivity contribution < 1.29 is 13.2 Å². The molecule has 3 rings (SSSR count). The first-order chi connectivity index (χ1) is 13.7. The molecular formula is C22H23F3N4. The number of hydrogen-bond acceptors (Lipinski definition) is 4. The summed E-state index contributed by atoms with van der Waals surface area (Å²) in [6.07, 6.45) is -2.93.